The maximum Gasteiger partial charge on any atom is 0.339 e. The van der Waals surface area contributed by atoms with Crippen LogP contribution in [0.5, 0.6) is 5.75 Å². The SMILES string of the molecule is O=C(O)c1ccc(Br)cc1OCC(=O)N1CCCC1. The number of carboxylic acids is 1. The number of aromatic carboxylic acids is 1. The first-order chi connectivity index (χ1) is 9.08. The fourth-order valence-corrected chi connectivity index (χ4v) is 2.33. The lowest BCUT2D eigenvalue weighted by atomic mass is 10.2. The van der Waals surface area contributed by atoms with Crippen molar-refractivity contribution in [2.75, 3.05) is 19.7 Å². The van der Waals surface area contributed by atoms with Gasteiger partial charge in [0.1, 0.15) is 11.3 Å². The Morgan fingerprint density at radius 1 is 1.32 bits per heavy atom. The summed E-state index contributed by atoms with van der Waals surface area (Å²) >= 11 is 3.25. The third-order valence-corrected chi connectivity index (χ3v) is 3.48. The van der Waals surface area contributed by atoms with Crippen LogP contribution in [0, 0.1) is 0 Å². The maximum atomic E-state index is 11.8. The highest BCUT2D eigenvalue weighted by Crippen LogP contribution is 2.24. The van der Waals surface area contributed by atoms with Crippen molar-refractivity contribution in [1.82, 2.24) is 4.90 Å². The Labute approximate surface area is 119 Å². The van der Waals surface area contributed by atoms with Crippen molar-refractivity contribution in [2.24, 2.45) is 0 Å². The van der Waals surface area contributed by atoms with E-state index in [2.05, 4.69) is 15.9 Å². The summed E-state index contributed by atoms with van der Waals surface area (Å²) in [5.41, 5.74) is 0.0532. The second-order valence-electron chi connectivity index (χ2n) is 4.32. The third-order valence-electron chi connectivity index (χ3n) is 2.98. The number of benzene rings is 1. The lowest BCUT2D eigenvalue weighted by molar-refractivity contribution is -0.132. The van der Waals surface area contributed by atoms with Crippen LogP contribution in [0.25, 0.3) is 0 Å². The number of halogens is 1. The predicted octanol–water partition coefficient (Wildman–Crippen LogP) is 2.15. The van der Waals surface area contributed by atoms with E-state index in [0.717, 1.165) is 25.9 Å². The average Bonchev–Trinajstić information content (AvgIpc) is 2.89. The third kappa shape index (κ3) is 3.47. The minimum absolute atomic E-state index is 0.0532. The average molecular weight is 328 g/mol. The normalized spacial score (nSPS) is 14.5. The summed E-state index contributed by atoms with van der Waals surface area (Å²) in [6.07, 6.45) is 2.03. The molecule has 1 amide bonds. The van der Waals surface area contributed by atoms with Gasteiger partial charge in [0.2, 0.25) is 0 Å². The van der Waals surface area contributed by atoms with Crippen molar-refractivity contribution in [3.8, 4) is 5.75 Å². The number of hydrogen-bond donors (Lipinski definition) is 1. The smallest absolute Gasteiger partial charge is 0.339 e. The first kappa shape index (κ1) is 13.9. The molecule has 6 heteroatoms. The number of hydrogen-bond acceptors (Lipinski definition) is 3. The van der Waals surface area contributed by atoms with Crippen molar-refractivity contribution in [2.45, 2.75) is 12.8 Å². The van der Waals surface area contributed by atoms with Gasteiger partial charge in [-0.1, -0.05) is 15.9 Å². The quantitative estimate of drug-likeness (QED) is 0.920. The summed E-state index contributed by atoms with van der Waals surface area (Å²) in [5, 5.41) is 9.04. The molecule has 5 nitrogen and oxygen atoms in total. The molecule has 2 rings (SSSR count). The highest BCUT2D eigenvalue weighted by molar-refractivity contribution is 9.10. The molecule has 1 fully saturated rings. The van der Waals surface area contributed by atoms with Crippen molar-refractivity contribution in [1.29, 1.82) is 0 Å². The fourth-order valence-electron chi connectivity index (χ4n) is 1.99. The van der Waals surface area contributed by atoms with E-state index >= 15 is 0 Å². The number of carbonyl (C=O) groups is 2. The van der Waals surface area contributed by atoms with Gasteiger partial charge in [0, 0.05) is 17.6 Å². The highest BCUT2D eigenvalue weighted by Gasteiger charge is 2.19. The molecule has 19 heavy (non-hydrogen) atoms. The number of rotatable bonds is 4. The lowest BCUT2D eigenvalue weighted by Crippen LogP contribution is -2.32. The van der Waals surface area contributed by atoms with Gasteiger partial charge in [-0.15, -0.1) is 0 Å². The van der Waals surface area contributed by atoms with E-state index in [4.69, 9.17) is 9.84 Å². The van der Waals surface area contributed by atoms with E-state index in [0.29, 0.717) is 4.47 Å². The highest BCUT2D eigenvalue weighted by atomic mass is 79.9. The van der Waals surface area contributed by atoms with Crippen LogP contribution in [0.2, 0.25) is 0 Å². The molecule has 1 saturated heterocycles. The van der Waals surface area contributed by atoms with Crippen molar-refractivity contribution in [3.63, 3.8) is 0 Å². The van der Waals surface area contributed by atoms with Crippen LogP contribution in [-0.4, -0.2) is 41.6 Å². The Morgan fingerprint density at radius 3 is 2.63 bits per heavy atom. The molecular formula is C13H14BrNO4. The first-order valence-corrected chi connectivity index (χ1v) is 6.80. The Bertz CT molecular complexity index is 497. The summed E-state index contributed by atoms with van der Waals surface area (Å²) in [6, 6.07) is 4.63. The lowest BCUT2D eigenvalue weighted by Gasteiger charge is -2.16. The molecule has 0 radical (unpaired) electrons. The molecule has 0 aromatic heterocycles. The summed E-state index contributed by atoms with van der Waals surface area (Å²) in [6.45, 7) is 1.38. The van der Waals surface area contributed by atoms with Gasteiger partial charge in [-0.3, -0.25) is 4.79 Å². The molecule has 1 aromatic rings. The van der Waals surface area contributed by atoms with Crippen LogP contribution >= 0.6 is 15.9 Å². The van der Waals surface area contributed by atoms with Crippen LogP contribution in [0.3, 0.4) is 0 Å². The number of ether oxygens (including phenoxy) is 1. The molecule has 1 aliphatic rings. The molecule has 0 bridgehead atoms. The standard InChI is InChI=1S/C13H14BrNO4/c14-9-3-4-10(13(17)18)11(7-9)19-8-12(16)15-5-1-2-6-15/h3-4,7H,1-2,5-6,8H2,(H,17,18). The number of carboxylic acid groups (broad SMARTS) is 1. The largest absolute Gasteiger partial charge is 0.483 e. The molecule has 0 aliphatic carbocycles. The van der Waals surface area contributed by atoms with Crippen molar-refractivity contribution >= 4 is 27.8 Å². The zero-order valence-corrected chi connectivity index (χ0v) is 11.9. The van der Waals surface area contributed by atoms with Gasteiger partial charge in [0.05, 0.1) is 0 Å². The van der Waals surface area contributed by atoms with E-state index < -0.39 is 5.97 Å². The zero-order valence-electron chi connectivity index (χ0n) is 10.3. The summed E-state index contributed by atoms with van der Waals surface area (Å²) in [4.78, 5) is 24.6. The summed E-state index contributed by atoms with van der Waals surface area (Å²) in [7, 11) is 0. The van der Waals surface area contributed by atoms with Crippen molar-refractivity contribution < 1.29 is 19.4 Å². The molecule has 1 aromatic carbocycles. The van der Waals surface area contributed by atoms with E-state index in [1.54, 1.807) is 17.0 Å². The minimum Gasteiger partial charge on any atom is -0.483 e. The number of amides is 1. The second kappa shape index (κ2) is 6.06. The van der Waals surface area contributed by atoms with Gasteiger partial charge in [-0.05, 0) is 31.0 Å². The van der Waals surface area contributed by atoms with Gasteiger partial charge in [-0.25, -0.2) is 4.79 Å². The van der Waals surface area contributed by atoms with E-state index in [1.165, 1.54) is 6.07 Å². The second-order valence-corrected chi connectivity index (χ2v) is 5.24. The van der Waals surface area contributed by atoms with Crippen LogP contribution in [-0.2, 0) is 4.79 Å². The monoisotopic (exact) mass is 327 g/mol. The summed E-state index contributed by atoms with van der Waals surface area (Å²) < 4.78 is 6.06. The topological polar surface area (TPSA) is 66.8 Å². The molecule has 0 unspecified atom stereocenters. The van der Waals surface area contributed by atoms with Crippen LogP contribution in [0.15, 0.2) is 22.7 Å². The van der Waals surface area contributed by atoms with Crippen molar-refractivity contribution in [3.05, 3.63) is 28.2 Å². The first-order valence-electron chi connectivity index (χ1n) is 6.01. The van der Waals surface area contributed by atoms with Crippen LogP contribution < -0.4 is 4.74 Å². The molecule has 1 heterocycles. The van der Waals surface area contributed by atoms with Gasteiger partial charge < -0.3 is 14.7 Å². The molecule has 0 atom stereocenters. The van der Waals surface area contributed by atoms with Crippen LogP contribution in [0.4, 0.5) is 0 Å². The van der Waals surface area contributed by atoms with Gasteiger partial charge >= 0.3 is 5.97 Å². The Kier molecular flexibility index (Phi) is 4.42. The molecule has 0 saturated carbocycles. The van der Waals surface area contributed by atoms with Gasteiger partial charge in [-0.2, -0.15) is 0 Å². The predicted molar refractivity (Wildman–Crippen MR) is 72.4 cm³/mol. The fraction of sp³-hybridized carbons (Fsp3) is 0.385. The number of nitrogens with zero attached hydrogens (tertiary/aromatic N) is 1. The minimum atomic E-state index is -1.07. The Balaban J connectivity index is 2.04. The molecular weight excluding hydrogens is 314 g/mol. The molecule has 1 N–H and O–H groups in total. The zero-order chi connectivity index (χ0) is 13.8. The van der Waals surface area contributed by atoms with Crippen LogP contribution in [0.1, 0.15) is 23.2 Å². The number of carbonyl (C=O) groups excluding carboxylic acids is 1. The Hall–Kier alpha value is -1.56. The maximum absolute atomic E-state index is 11.8. The van der Waals surface area contributed by atoms with E-state index in [-0.39, 0.29) is 23.8 Å². The molecule has 1 aliphatic heterocycles. The number of likely N-dealkylation sites (tertiary alicyclic amines) is 1. The summed E-state index contributed by atoms with van der Waals surface area (Å²) in [5.74, 6) is -0.973. The Morgan fingerprint density at radius 2 is 2.00 bits per heavy atom. The van der Waals surface area contributed by atoms with E-state index in [9.17, 15) is 9.59 Å². The molecule has 102 valence electrons. The van der Waals surface area contributed by atoms with Gasteiger partial charge in [0.15, 0.2) is 6.61 Å². The van der Waals surface area contributed by atoms with Gasteiger partial charge in [0.25, 0.3) is 5.91 Å². The molecule has 0 spiro atoms. The van der Waals surface area contributed by atoms with E-state index in [1.807, 2.05) is 0 Å².